The molecule has 2 N–H and O–H groups in total. The Bertz CT molecular complexity index is 267. The first-order valence-electron chi connectivity index (χ1n) is 4.62. The molecule has 0 rings (SSSR count). The number of halogens is 3. The number of rotatable bonds is 7. The molecule has 2 atom stereocenters. The van der Waals surface area contributed by atoms with Crippen LogP contribution in [0, 0.1) is 5.41 Å². The maximum atomic E-state index is 10.9. The molecule has 0 amide bonds. The Labute approximate surface area is 151 Å². The van der Waals surface area contributed by atoms with Gasteiger partial charge in [-0.3, -0.25) is 4.52 Å². The van der Waals surface area contributed by atoms with E-state index in [4.69, 9.17) is 14.3 Å². The van der Waals surface area contributed by atoms with Gasteiger partial charge in [-0.15, -0.1) is 0 Å². The van der Waals surface area contributed by atoms with Crippen molar-refractivity contribution in [2.45, 2.75) is 31.2 Å². The molecule has 0 heterocycles. The van der Waals surface area contributed by atoms with Crippen LogP contribution in [-0.2, 0) is 9.09 Å². The molecule has 0 aromatic rings. The average Bonchev–Trinajstić information content (AvgIpc) is 2.14. The van der Waals surface area contributed by atoms with Gasteiger partial charge >= 0.3 is 37.4 Å². The van der Waals surface area contributed by atoms with E-state index in [0.717, 1.165) is 0 Å². The van der Waals surface area contributed by atoms with Crippen LogP contribution in [0.15, 0.2) is 0 Å². The summed E-state index contributed by atoms with van der Waals surface area (Å²) in [4.78, 5) is 17.9. The molecule has 0 aromatic heterocycles. The second-order valence-electron chi connectivity index (χ2n) is 4.19. The Hall–Kier alpha value is 2.55. The molecule has 0 spiro atoms. The van der Waals surface area contributed by atoms with Gasteiger partial charge in [-0.25, -0.2) is 4.57 Å². The predicted octanol–water partition coefficient (Wildman–Crippen LogP) is 0.550. The van der Waals surface area contributed by atoms with Crippen molar-refractivity contribution in [3.8, 4) is 0 Å². The zero-order chi connectivity index (χ0) is 13.0. The number of alkyl halides is 3. The van der Waals surface area contributed by atoms with Crippen LogP contribution in [-0.4, -0.2) is 31.4 Å². The summed E-state index contributed by atoms with van der Waals surface area (Å²) in [6.07, 6.45) is 0.00392. The van der Waals surface area contributed by atoms with E-state index in [2.05, 4.69) is 47.8 Å². The Kier molecular flexibility index (Phi) is 12.2. The van der Waals surface area contributed by atoms with Gasteiger partial charge in [-0.2, -0.15) is 0 Å². The van der Waals surface area contributed by atoms with Crippen LogP contribution in [0.2, 0.25) is 0 Å². The van der Waals surface area contributed by atoms with Crippen molar-refractivity contribution in [1.82, 2.24) is 0 Å². The van der Waals surface area contributed by atoms with Gasteiger partial charge in [0.05, 0.1) is 6.10 Å². The van der Waals surface area contributed by atoms with Crippen molar-refractivity contribution in [1.29, 1.82) is 0 Å². The summed E-state index contributed by atoms with van der Waals surface area (Å²) in [5.74, 6) is 0. The monoisotopic (exact) mass is 468 g/mol. The quantitative estimate of drug-likeness (QED) is 0.324. The van der Waals surface area contributed by atoms with Crippen molar-refractivity contribution < 1.29 is 49.9 Å². The summed E-state index contributed by atoms with van der Waals surface area (Å²) >= 11 is 10.0. The standard InChI is InChI=1S/C8H16Br3O4P.Na.H/c1-8(2,5-10)7(3-6(11)4-9)15-16(12,13)14;;/h6-7H,3-5H2,1-2H3,(H2,12,13,14);;/q;+1;-1. The fraction of sp³-hybridized carbons (Fsp3) is 1.00. The SMILES string of the molecule is CC(C)(CBr)C(CC(Br)CBr)OP(=O)(O)O.[H-].[Na+]. The molecule has 4 nitrogen and oxygen atoms in total. The van der Waals surface area contributed by atoms with Gasteiger partial charge < -0.3 is 11.2 Å². The summed E-state index contributed by atoms with van der Waals surface area (Å²) in [5, 5.41) is 1.30. The molecule has 0 saturated heterocycles. The number of hydrogen-bond donors (Lipinski definition) is 2. The zero-order valence-corrected chi connectivity index (χ0v) is 17.7. The summed E-state index contributed by atoms with van der Waals surface area (Å²) in [7, 11) is -4.46. The van der Waals surface area contributed by atoms with E-state index in [-0.39, 0.29) is 41.2 Å². The van der Waals surface area contributed by atoms with E-state index in [1.54, 1.807) is 0 Å². The fourth-order valence-electron chi connectivity index (χ4n) is 1.05. The summed E-state index contributed by atoms with van der Waals surface area (Å²) in [6, 6.07) is 0. The van der Waals surface area contributed by atoms with E-state index >= 15 is 0 Å². The van der Waals surface area contributed by atoms with Crippen molar-refractivity contribution in [3.05, 3.63) is 0 Å². The molecule has 0 saturated carbocycles. The largest absolute Gasteiger partial charge is 1.00 e. The molecule has 0 aromatic carbocycles. The average molecular weight is 471 g/mol. The van der Waals surface area contributed by atoms with Crippen molar-refractivity contribution in [2.75, 3.05) is 10.7 Å². The van der Waals surface area contributed by atoms with Gasteiger partial charge in [0.15, 0.2) is 0 Å². The molecule has 0 aliphatic rings. The van der Waals surface area contributed by atoms with Crippen molar-refractivity contribution in [3.63, 3.8) is 0 Å². The molecule has 0 aliphatic carbocycles. The predicted molar refractivity (Wildman–Crippen MR) is 76.7 cm³/mol. The Balaban J connectivity index is -0.00000112. The smallest absolute Gasteiger partial charge is 1.00 e. The molecular formula is C8H17Br3NaO4P. The van der Waals surface area contributed by atoms with Gasteiger partial charge in [0.1, 0.15) is 0 Å². The first kappa shape index (κ1) is 21.8. The van der Waals surface area contributed by atoms with Crippen LogP contribution < -0.4 is 29.6 Å². The van der Waals surface area contributed by atoms with Crippen LogP contribution >= 0.6 is 55.6 Å². The maximum Gasteiger partial charge on any atom is 1.00 e. The van der Waals surface area contributed by atoms with Gasteiger partial charge in [-0.05, 0) is 6.42 Å². The topological polar surface area (TPSA) is 66.8 Å². The number of phosphoric acid groups is 1. The van der Waals surface area contributed by atoms with Crippen LogP contribution in [0.1, 0.15) is 21.7 Å². The first-order valence-corrected chi connectivity index (χ1v) is 9.31. The van der Waals surface area contributed by atoms with Gasteiger partial charge in [0.2, 0.25) is 0 Å². The third kappa shape index (κ3) is 9.99. The number of hydrogen-bond acceptors (Lipinski definition) is 2. The number of phosphoric ester groups is 1. The van der Waals surface area contributed by atoms with Crippen molar-refractivity contribution >= 4 is 55.6 Å². The second kappa shape index (κ2) is 9.48. The first-order chi connectivity index (χ1) is 7.12. The molecule has 0 bridgehead atoms. The van der Waals surface area contributed by atoms with E-state index < -0.39 is 13.9 Å². The van der Waals surface area contributed by atoms with E-state index in [0.29, 0.717) is 17.1 Å². The molecule has 0 radical (unpaired) electrons. The Morgan fingerprint density at radius 3 is 2.18 bits per heavy atom. The van der Waals surface area contributed by atoms with Gasteiger partial charge in [0, 0.05) is 20.9 Å². The fourth-order valence-corrected chi connectivity index (χ4v) is 2.72. The summed E-state index contributed by atoms with van der Waals surface area (Å²) in [6.45, 7) is 3.80. The van der Waals surface area contributed by atoms with Gasteiger partial charge in [-0.1, -0.05) is 61.6 Å². The molecule has 0 aliphatic heterocycles. The third-order valence-electron chi connectivity index (χ3n) is 2.12. The van der Waals surface area contributed by atoms with Crippen LogP contribution in [0.3, 0.4) is 0 Å². The molecular weight excluding hydrogens is 454 g/mol. The van der Waals surface area contributed by atoms with Gasteiger partial charge in [0.25, 0.3) is 0 Å². The second-order valence-corrected chi connectivity index (χ2v) is 7.89. The third-order valence-corrected chi connectivity index (χ3v) is 6.44. The molecule has 2 unspecified atom stereocenters. The van der Waals surface area contributed by atoms with E-state index in [1.807, 2.05) is 13.8 Å². The molecule has 9 heteroatoms. The molecule has 0 fully saturated rings. The summed E-state index contributed by atoms with van der Waals surface area (Å²) < 4.78 is 15.8. The summed E-state index contributed by atoms with van der Waals surface area (Å²) in [5.41, 5.74) is -0.352. The Morgan fingerprint density at radius 1 is 1.41 bits per heavy atom. The van der Waals surface area contributed by atoms with E-state index in [1.165, 1.54) is 0 Å². The minimum atomic E-state index is -4.46. The minimum Gasteiger partial charge on any atom is -1.00 e. The van der Waals surface area contributed by atoms with Crippen LogP contribution in [0.25, 0.3) is 0 Å². The normalized spacial score (nSPS) is 16.2. The van der Waals surface area contributed by atoms with Crippen LogP contribution in [0.5, 0.6) is 0 Å². The maximum absolute atomic E-state index is 10.9. The Morgan fingerprint density at radius 2 is 1.88 bits per heavy atom. The van der Waals surface area contributed by atoms with Crippen LogP contribution in [0.4, 0.5) is 0 Å². The van der Waals surface area contributed by atoms with Crippen molar-refractivity contribution in [2.24, 2.45) is 5.41 Å². The zero-order valence-electron chi connectivity index (χ0n) is 11.1. The molecule has 17 heavy (non-hydrogen) atoms. The molecule has 100 valence electrons. The minimum absolute atomic E-state index is 0. The van der Waals surface area contributed by atoms with E-state index in [9.17, 15) is 4.57 Å².